The summed E-state index contributed by atoms with van der Waals surface area (Å²) in [5.41, 5.74) is -1.24. The van der Waals surface area contributed by atoms with Crippen molar-refractivity contribution in [3.05, 3.63) is 0 Å². The quantitative estimate of drug-likeness (QED) is 0.283. The van der Waals surface area contributed by atoms with Gasteiger partial charge in [0, 0.05) is 36.5 Å². The maximum atomic E-state index is 12.1. The molecule has 10 aliphatic rings. The van der Waals surface area contributed by atoms with Gasteiger partial charge in [0.1, 0.15) is 13.2 Å². The van der Waals surface area contributed by atoms with Crippen LogP contribution in [0.5, 0.6) is 0 Å². The molecule has 4 bridgehead atoms. The van der Waals surface area contributed by atoms with Crippen LogP contribution >= 0.6 is 0 Å². The number of esters is 1. The van der Waals surface area contributed by atoms with Crippen LogP contribution in [0.4, 0.5) is 0 Å². The van der Waals surface area contributed by atoms with E-state index in [9.17, 15) is 9.59 Å². The standard InChI is InChI=1S/C17H26O7.C15H22O5.C2H4O3/c1-9-4-5-12-10(2)14(20-8-13(18)19)21-15-17(12)11(9)6-7-16(3,22-15)23-24-17;1-8-4-5-11-9(2)12(16)17-13-15(11)10(8)6-7-14(3,18-13)19-20-15;3-1-2(4)5/h9-12,14-15H,4-8H2,1-3H3,(H,18,19);8-11,13H,4-7H2,1-3H3;3H,1H2,(H,4,5)/t9-,10-,11?,12?,14+,15-,16+,17-;8-,9-,10?,11?,13-,14+,15-;/m11./s1. The molecular weight excluding hydrogens is 648 g/mol. The molecule has 0 aromatic carbocycles. The number of carboxylic acids is 2. The Bertz CT molecular complexity index is 1260. The predicted octanol–water partition coefficient (Wildman–Crippen LogP) is 3.75. The lowest BCUT2D eigenvalue weighted by Crippen LogP contribution is -2.70. The molecule has 2 aliphatic carbocycles. The Morgan fingerprint density at radius 2 is 1.24 bits per heavy atom. The molecule has 15 heteroatoms. The fourth-order valence-corrected chi connectivity index (χ4v) is 9.98. The SMILES string of the molecule is C[C@@H]1CCC2[C@@H](C)C(=O)O[C@@H]3O[C@]4(C)CCC1[C@@]23OO4.C[C@@H]1CCC2[C@@H](C)[C@@H](OCC(=O)O)O[C@@H]3O[C@]4(C)CCC1[C@@]23OO4.O=C(O)CO. The first-order valence-corrected chi connectivity index (χ1v) is 17.7. The number of hydrogen-bond acceptors (Lipinski definition) is 13. The van der Waals surface area contributed by atoms with E-state index in [1.807, 2.05) is 27.7 Å². The van der Waals surface area contributed by atoms with Crippen LogP contribution in [0, 0.1) is 47.3 Å². The van der Waals surface area contributed by atoms with Crippen LogP contribution < -0.4 is 0 Å². The Hall–Kier alpha value is -1.95. The molecule has 49 heavy (non-hydrogen) atoms. The molecule has 4 unspecified atom stereocenters. The molecule has 8 saturated heterocycles. The third-order valence-electron chi connectivity index (χ3n) is 12.6. The van der Waals surface area contributed by atoms with Crippen molar-refractivity contribution in [2.45, 2.75) is 135 Å². The Morgan fingerprint density at radius 3 is 1.78 bits per heavy atom. The Labute approximate surface area is 285 Å². The van der Waals surface area contributed by atoms with E-state index in [-0.39, 0.29) is 36.2 Å². The first kappa shape index (κ1) is 36.8. The number of aliphatic hydroxyl groups is 1. The maximum absolute atomic E-state index is 12.1. The van der Waals surface area contributed by atoms with Gasteiger partial charge < -0.3 is 39.0 Å². The smallest absolute Gasteiger partial charge is 0.329 e. The summed E-state index contributed by atoms with van der Waals surface area (Å²) >= 11 is 0. The molecule has 0 aromatic rings. The molecule has 0 amide bonds. The highest BCUT2D eigenvalue weighted by Gasteiger charge is 2.71. The molecule has 15 atom stereocenters. The van der Waals surface area contributed by atoms with Gasteiger partial charge in [-0.3, -0.25) is 4.79 Å². The lowest BCUT2D eigenvalue weighted by Gasteiger charge is -2.60. The van der Waals surface area contributed by atoms with Crippen molar-refractivity contribution in [1.29, 1.82) is 0 Å². The van der Waals surface area contributed by atoms with Crippen molar-refractivity contribution in [1.82, 2.24) is 0 Å². The third-order valence-corrected chi connectivity index (χ3v) is 12.6. The number of rotatable bonds is 4. The molecule has 278 valence electrons. The second-order valence-electron chi connectivity index (χ2n) is 15.7. The number of carboxylic acid groups (broad SMARTS) is 2. The zero-order valence-corrected chi connectivity index (χ0v) is 29.2. The lowest BCUT2D eigenvalue weighted by atomic mass is 9.58. The van der Waals surface area contributed by atoms with E-state index in [0.29, 0.717) is 23.7 Å². The monoisotopic (exact) mass is 700 g/mol. The molecule has 8 aliphatic heterocycles. The summed E-state index contributed by atoms with van der Waals surface area (Å²) in [5, 5.41) is 23.9. The van der Waals surface area contributed by atoms with Crippen molar-refractivity contribution < 1.29 is 72.9 Å². The van der Waals surface area contributed by atoms with Crippen molar-refractivity contribution >= 4 is 17.9 Å². The molecule has 0 aromatic heterocycles. The molecule has 0 radical (unpaired) electrons. The Kier molecular flexibility index (Phi) is 10.2. The van der Waals surface area contributed by atoms with Crippen LogP contribution in [-0.2, 0) is 57.6 Å². The van der Waals surface area contributed by atoms with Gasteiger partial charge in [0.05, 0.1) is 5.92 Å². The van der Waals surface area contributed by atoms with Crippen molar-refractivity contribution in [3.63, 3.8) is 0 Å². The molecule has 10 rings (SSSR count). The van der Waals surface area contributed by atoms with E-state index in [1.54, 1.807) is 0 Å². The molecular formula is C34H52O15. The topological polar surface area (TPSA) is 195 Å². The van der Waals surface area contributed by atoms with Gasteiger partial charge in [-0.25, -0.2) is 29.1 Å². The minimum absolute atomic E-state index is 0.00487. The van der Waals surface area contributed by atoms with Gasteiger partial charge in [-0.1, -0.05) is 27.7 Å². The molecule has 2 saturated carbocycles. The first-order chi connectivity index (χ1) is 23.1. The van der Waals surface area contributed by atoms with E-state index in [1.165, 1.54) is 0 Å². The number of carbonyl (C=O) groups is 3. The average molecular weight is 701 g/mol. The number of fused-ring (bicyclic) bond motifs is 4. The van der Waals surface area contributed by atoms with Crippen LogP contribution in [0.2, 0.25) is 0 Å². The van der Waals surface area contributed by atoms with Crippen LogP contribution in [0.15, 0.2) is 0 Å². The molecule has 8 heterocycles. The zero-order valence-electron chi connectivity index (χ0n) is 29.2. The summed E-state index contributed by atoms with van der Waals surface area (Å²) < 4.78 is 29.4. The van der Waals surface area contributed by atoms with Crippen LogP contribution in [-0.4, -0.2) is 88.1 Å². The van der Waals surface area contributed by atoms with E-state index in [2.05, 4.69) is 13.8 Å². The normalized spacial score (nSPS) is 50.4. The molecule has 15 nitrogen and oxygen atoms in total. The summed E-state index contributed by atoms with van der Waals surface area (Å²) in [6, 6.07) is 0. The summed E-state index contributed by atoms with van der Waals surface area (Å²) in [6.07, 6.45) is 5.85. The van der Waals surface area contributed by atoms with E-state index >= 15 is 0 Å². The van der Waals surface area contributed by atoms with Crippen molar-refractivity contribution in [2.75, 3.05) is 13.2 Å². The fourth-order valence-electron chi connectivity index (χ4n) is 9.98. The number of ether oxygens (including phenoxy) is 5. The van der Waals surface area contributed by atoms with Gasteiger partial charge in [-0.05, 0) is 70.1 Å². The fraction of sp³-hybridized carbons (Fsp3) is 0.912. The maximum Gasteiger partial charge on any atom is 0.329 e. The minimum Gasteiger partial charge on any atom is -0.480 e. The average Bonchev–Trinajstić information content (AvgIpc) is 3.43. The summed E-state index contributed by atoms with van der Waals surface area (Å²) in [4.78, 5) is 55.4. The van der Waals surface area contributed by atoms with E-state index < -0.39 is 60.2 Å². The van der Waals surface area contributed by atoms with E-state index in [0.717, 1.165) is 51.4 Å². The third kappa shape index (κ3) is 6.30. The molecule has 2 spiro atoms. The van der Waals surface area contributed by atoms with Crippen LogP contribution in [0.25, 0.3) is 0 Å². The first-order valence-electron chi connectivity index (χ1n) is 17.7. The Morgan fingerprint density at radius 1 is 0.735 bits per heavy atom. The highest BCUT2D eigenvalue weighted by Crippen LogP contribution is 2.61. The number of hydrogen-bond donors (Lipinski definition) is 3. The van der Waals surface area contributed by atoms with Crippen molar-refractivity contribution in [3.8, 4) is 0 Å². The second kappa shape index (κ2) is 13.6. The number of aliphatic hydroxyl groups excluding tert-OH is 1. The van der Waals surface area contributed by atoms with E-state index in [4.69, 9.17) is 63.3 Å². The Balaban J connectivity index is 0.000000152. The van der Waals surface area contributed by atoms with Crippen LogP contribution in [0.1, 0.15) is 92.9 Å². The number of aliphatic carboxylic acids is 2. The largest absolute Gasteiger partial charge is 0.480 e. The van der Waals surface area contributed by atoms with Gasteiger partial charge in [-0.2, -0.15) is 0 Å². The van der Waals surface area contributed by atoms with Gasteiger partial charge in [0.15, 0.2) is 23.8 Å². The minimum atomic E-state index is -1.19. The summed E-state index contributed by atoms with van der Waals surface area (Å²) in [6.45, 7) is 11.1. The van der Waals surface area contributed by atoms with Gasteiger partial charge in [0.2, 0.25) is 17.9 Å². The van der Waals surface area contributed by atoms with Gasteiger partial charge in [-0.15, -0.1) is 0 Å². The zero-order chi connectivity index (χ0) is 35.5. The second-order valence-corrected chi connectivity index (χ2v) is 15.7. The van der Waals surface area contributed by atoms with Gasteiger partial charge in [0.25, 0.3) is 0 Å². The highest BCUT2D eigenvalue weighted by molar-refractivity contribution is 5.74. The number of carbonyl (C=O) groups excluding carboxylic acids is 1. The molecule has 10 fully saturated rings. The summed E-state index contributed by atoms with van der Waals surface area (Å²) in [7, 11) is 0. The van der Waals surface area contributed by atoms with Crippen LogP contribution in [0.3, 0.4) is 0 Å². The summed E-state index contributed by atoms with van der Waals surface area (Å²) in [5.74, 6) is -2.19. The molecule has 3 N–H and O–H groups in total. The lowest BCUT2D eigenvalue weighted by molar-refractivity contribution is -0.577. The predicted molar refractivity (Wildman–Crippen MR) is 163 cm³/mol. The van der Waals surface area contributed by atoms with Gasteiger partial charge >= 0.3 is 17.9 Å². The van der Waals surface area contributed by atoms with Crippen molar-refractivity contribution in [2.24, 2.45) is 47.3 Å². The highest BCUT2D eigenvalue weighted by atomic mass is 17.3.